The highest BCUT2D eigenvalue weighted by molar-refractivity contribution is 4.64. The van der Waals surface area contributed by atoms with E-state index >= 15 is 0 Å². The quantitative estimate of drug-likeness (QED) is 0.399. The van der Waals surface area contributed by atoms with Crippen LogP contribution in [0.1, 0.15) is 0 Å². The lowest BCUT2D eigenvalue weighted by atomic mass is 10.2. The molecule has 2 unspecified atom stereocenters. The average molecular weight is 153 g/mol. The first kappa shape index (κ1) is 9.25. The van der Waals surface area contributed by atoms with E-state index in [1.54, 1.807) is 0 Å². The van der Waals surface area contributed by atoms with Crippen LogP contribution in [0.3, 0.4) is 0 Å². The predicted octanol–water partition coefficient (Wildman–Crippen LogP) is -1.05. The molecule has 0 aromatic rings. The molecule has 0 bridgehead atoms. The monoisotopic (exact) mass is 153 g/mol. The molecule has 10 heavy (non-hydrogen) atoms. The lowest BCUT2D eigenvalue weighted by molar-refractivity contribution is -0.537. The molecule has 0 spiro atoms. The Hall–Kier alpha value is -0.750. The molecular weight excluding hydrogens is 145 g/mol. The van der Waals surface area contributed by atoms with Crippen LogP contribution in [-0.4, -0.2) is 40.6 Å². The van der Waals surface area contributed by atoms with Crippen molar-refractivity contribution in [3.8, 4) is 0 Å². The topological polar surface area (TPSA) is 83.6 Å². The molecule has 0 radical (unpaired) electrons. The van der Waals surface area contributed by atoms with Crippen molar-refractivity contribution in [2.75, 3.05) is 13.3 Å². The minimum atomic E-state index is -1.71. The summed E-state index contributed by atoms with van der Waals surface area (Å²) in [5.41, 5.74) is 0. The minimum absolute atomic E-state index is 0.849. The van der Waals surface area contributed by atoms with Crippen LogP contribution in [0.5, 0.6) is 0 Å². The van der Waals surface area contributed by atoms with Crippen LogP contribution >= 0.6 is 0 Å². The summed E-state index contributed by atoms with van der Waals surface area (Å²) in [5, 5.41) is 26.6. The van der Waals surface area contributed by atoms with Crippen LogP contribution in [-0.2, 0) is 0 Å². The fourth-order valence-corrected chi connectivity index (χ4v) is 0.432. The SMILES string of the molecule is O=[N+]([O-])C(CO)C(O)CF. The lowest BCUT2D eigenvalue weighted by Crippen LogP contribution is -2.38. The largest absolute Gasteiger partial charge is 0.389 e. The van der Waals surface area contributed by atoms with Gasteiger partial charge in [-0.05, 0) is 0 Å². The Morgan fingerprint density at radius 1 is 1.70 bits per heavy atom. The van der Waals surface area contributed by atoms with Gasteiger partial charge in [0.2, 0.25) is 0 Å². The summed E-state index contributed by atoms with van der Waals surface area (Å²) in [5.74, 6) is 0. The van der Waals surface area contributed by atoms with Crippen molar-refractivity contribution in [1.29, 1.82) is 0 Å². The van der Waals surface area contributed by atoms with Crippen LogP contribution in [0.15, 0.2) is 0 Å². The summed E-state index contributed by atoms with van der Waals surface area (Å²) in [6.07, 6.45) is -1.71. The Morgan fingerprint density at radius 3 is 2.30 bits per heavy atom. The Morgan fingerprint density at radius 2 is 2.20 bits per heavy atom. The molecule has 2 atom stereocenters. The zero-order valence-electron chi connectivity index (χ0n) is 5.11. The number of nitro groups is 1. The van der Waals surface area contributed by atoms with Crippen molar-refractivity contribution in [2.45, 2.75) is 12.1 Å². The molecule has 0 aromatic heterocycles. The zero-order chi connectivity index (χ0) is 8.15. The maximum absolute atomic E-state index is 11.5. The molecule has 0 saturated carbocycles. The van der Waals surface area contributed by atoms with Gasteiger partial charge in [-0.2, -0.15) is 0 Å². The van der Waals surface area contributed by atoms with E-state index in [-0.39, 0.29) is 0 Å². The van der Waals surface area contributed by atoms with Crippen molar-refractivity contribution < 1.29 is 19.5 Å². The third-order valence-corrected chi connectivity index (χ3v) is 1.06. The highest BCUT2D eigenvalue weighted by Crippen LogP contribution is 1.97. The second-order valence-corrected chi connectivity index (χ2v) is 1.76. The summed E-state index contributed by atoms with van der Waals surface area (Å²) in [4.78, 5) is 8.94. The first-order chi connectivity index (χ1) is 4.63. The number of rotatable bonds is 4. The number of alkyl halides is 1. The summed E-state index contributed by atoms with van der Waals surface area (Å²) >= 11 is 0. The lowest BCUT2D eigenvalue weighted by Gasteiger charge is -2.08. The number of aliphatic hydroxyl groups excluding tert-OH is 2. The number of hydrogen-bond donors (Lipinski definition) is 2. The van der Waals surface area contributed by atoms with Gasteiger partial charge in [-0.1, -0.05) is 0 Å². The Kier molecular flexibility index (Phi) is 3.82. The fraction of sp³-hybridized carbons (Fsp3) is 1.00. The smallest absolute Gasteiger partial charge is 0.263 e. The average Bonchev–Trinajstić information content (AvgIpc) is 1.88. The van der Waals surface area contributed by atoms with Crippen LogP contribution in [0, 0.1) is 10.1 Å². The molecule has 0 rings (SSSR count). The van der Waals surface area contributed by atoms with Gasteiger partial charge in [0, 0.05) is 4.92 Å². The van der Waals surface area contributed by atoms with Gasteiger partial charge in [0.05, 0.1) is 0 Å². The van der Waals surface area contributed by atoms with Crippen LogP contribution < -0.4 is 0 Å². The van der Waals surface area contributed by atoms with Crippen molar-refractivity contribution in [2.24, 2.45) is 0 Å². The van der Waals surface area contributed by atoms with E-state index < -0.39 is 30.4 Å². The summed E-state index contributed by atoms with van der Waals surface area (Å²) in [6.45, 7) is -2.07. The number of aliphatic hydroxyl groups is 2. The maximum atomic E-state index is 11.5. The van der Waals surface area contributed by atoms with Gasteiger partial charge in [-0.25, -0.2) is 4.39 Å². The Bertz CT molecular complexity index is 120. The van der Waals surface area contributed by atoms with Gasteiger partial charge < -0.3 is 10.2 Å². The van der Waals surface area contributed by atoms with Gasteiger partial charge in [-0.3, -0.25) is 10.1 Å². The van der Waals surface area contributed by atoms with E-state index in [9.17, 15) is 14.5 Å². The molecule has 0 aliphatic rings. The van der Waals surface area contributed by atoms with Crippen molar-refractivity contribution in [1.82, 2.24) is 0 Å². The van der Waals surface area contributed by atoms with Crippen molar-refractivity contribution in [3.05, 3.63) is 10.1 Å². The third kappa shape index (κ3) is 2.24. The van der Waals surface area contributed by atoms with E-state index in [4.69, 9.17) is 10.2 Å². The molecule has 60 valence electrons. The molecule has 0 amide bonds. The normalized spacial score (nSPS) is 16.3. The fourth-order valence-electron chi connectivity index (χ4n) is 0.432. The minimum Gasteiger partial charge on any atom is -0.389 e. The predicted molar refractivity (Wildman–Crippen MR) is 29.8 cm³/mol. The highest BCUT2D eigenvalue weighted by Gasteiger charge is 2.28. The molecule has 2 N–H and O–H groups in total. The van der Waals surface area contributed by atoms with E-state index in [1.807, 2.05) is 0 Å². The number of hydrogen-bond acceptors (Lipinski definition) is 4. The number of nitrogens with zero attached hydrogens (tertiary/aromatic N) is 1. The van der Waals surface area contributed by atoms with Crippen LogP contribution in [0.4, 0.5) is 4.39 Å². The molecule has 0 aliphatic heterocycles. The molecule has 0 aliphatic carbocycles. The second kappa shape index (κ2) is 4.13. The molecule has 5 nitrogen and oxygen atoms in total. The van der Waals surface area contributed by atoms with E-state index in [0.29, 0.717) is 0 Å². The van der Waals surface area contributed by atoms with Crippen molar-refractivity contribution >= 4 is 0 Å². The summed E-state index contributed by atoms with van der Waals surface area (Å²) in [7, 11) is 0. The Balaban J connectivity index is 3.92. The first-order valence-corrected chi connectivity index (χ1v) is 2.61. The van der Waals surface area contributed by atoms with Crippen LogP contribution in [0.2, 0.25) is 0 Å². The first-order valence-electron chi connectivity index (χ1n) is 2.61. The third-order valence-electron chi connectivity index (χ3n) is 1.06. The molecular formula is C4H8FNO4. The second-order valence-electron chi connectivity index (χ2n) is 1.76. The standard InChI is InChI=1S/C4H8FNO4/c5-1-4(8)3(2-7)6(9)10/h3-4,7-8H,1-2H2. The zero-order valence-corrected chi connectivity index (χ0v) is 5.11. The maximum Gasteiger partial charge on any atom is 0.263 e. The van der Waals surface area contributed by atoms with Crippen molar-refractivity contribution in [3.63, 3.8) is 0 Å². The molecule has 6 heteroatoms. The number of halogens is 1. The van der Waals surface area contributed by atoms with Crippen LogP contribution in [0.25, 0.3) is 0 Å². The van der Waals surface area contributed by atoms with E-state index in [1.165, 1.54) is 0 Å². The summed E-state index contributed by atoms with van der Waals surface area (Å²) in [6, 6.07) is -1.61. The highest BCUT2D eigenvalue weighted by atomic mass is 19.1. The molecule has 0 fully saturated rings. The van der Waals surface area contributed by atoms with Gasteiger partial charge in [0.15, 0.2) is 6.10 Å². The van der Waals surface area contributed by atoms with Gasteiger partial charge >= 0.3 is 0 Å². The van der Waals surface area contributed by atoms with Gasteiger partial charge in [0.25, 0.3) is 6.04 Å². The molecule has 0 aromatic carbocycles. The van der Waals surface area contributed by atoms with Gasteiger partial charge in [-0.15, -0.1) is 0 Å². The van der Waals surface area contributed by atoms with E-state index in [0.717, 1.165) is 0 Å². The Labute approximate surface area is 56.2 Å². The van der Waals surface area contributed by atoms with Gasteiger partial charge in [0.1, 0.15) is 13.3 Å². The summed E-state index contributed by atoms with van der Waals surface area (Å²) < 4.78 is 11.5. The molecule has 0 saturated heterocycles. The van der Waals surface area contributed by atoms with E-state index in [2.05, 4.69) is 0 Å². The molecule has 0 heterocycles.